The summed E-state index contributed by atoms with van der Waals surface area (Å²) in [6, 6.07) is 0.526. The molecule has 2 heterocycles. The van der Waals surface area contributed by atoms with Crippen molar-refractivity contribution in [2.75, 3.05) is 37.3 Å². The predicted octanol–water partition coefficient (Wildman–Crippen LogP) is 2.42. The first kappa shape index (κ1) is 15.0. The number of anilines is 2. The van der Waals surface area contributed by atoms with Gasteiger partial charge in [0.15, 0.2) is 0 Å². The number of rotatable bonds is 5. The van der Waals surface area contributed by atoms with E-state index in [1.165, 1.54) is 12.8 Å². The van der Waals surface area contributed by atoms with E-state index in [9.17, 15) is 0 Å². The largest absolute Gasteiger partial charge is 0.370 e. The lowest BCUT2D eigenvalue weighted by molar-refractivity contribution is 0.263. The maximum atomic E-state index is 4.58. The lowest BCUT2D eigenvalue weighted by Crippen LogP contribution is -2.37. The average molecular weight is 277 g/mol. The molecule has 0 radical (unpaired) electrons. The zero-order chi connectivity index (χ0) is 14.5. The quantitative estimate of drug-likeness (QED) is 0.865. The molecule has 2 rings (SSSR count). The highest BCUT2D eigenvalue weighted by molar-refractivity contribution is 5.57. The Hall–Kier alpha value is -1.36. The number of likely N-dealkylation sites (tertiary alicyclic amines) is 1. The van der Waals surface area contributed by atoms with Gasteiger partial charge in [-0.2, -0.15) is 0 Å². The van der Waals surface area contributed by atoms with Crippen LogP contribution in [0.3, 0.4) is 0 Å². The van der Waals surface area contributed by atoms with Gasteiger partial charge in [0, 0.05) is 18.2 Å². The molecule has 112 valence electrons. The molecule has 0 unspecified atom stereocenters. The van der Waals surface area contributed by atoms with Crippen LogP contribution in [0.5, 0.6) is 0 Å². The molecule has 1 aromatic heterocycles. The molecule has 0 spiro atoms. The van der Waals surface area contributed by atoms with Crippen molar-refractivity contribution >= 4 is 11.6 Å². The summed E-state index contributed by atoms with van der Waals surface area (Å²) in [5.74, 6) is 2.78. The first-order valence-corrected chi connectivity index (χ1v) is 7.64. The predicted molar refractivity (Wildman–Crippen MR) is 84.4 cm³/mol. The summed E-state index contributed by atoms with van der Waals surface area (Å²) in [6.07, 6.45) is 3.45. The van der Waals surface area contributed by atoms with E-state index in [0.717, 1.165) is 49.1 Å². The molecule has 0 aromatic carbocycles. The minimum atomic E-state index is 0.526. The first-order valence-electron chi connectivity index (χ1n) is 7.64. The Morgan fingerprint density at radius 2 is 1.80 bits per heavy atom. The lowest BCUT2D eigenvalue weighted by Gasteiger charge is -2.30. The Kier molecular flexibility index (Phi) is 5.17. The number of aromatic nitrogens is 2. The second-order valence-electron chi connectivity index (χ2n) is 5.74. The third kappa shape index (κ3) is 3.82. The highest BCUT2D eigenvalue weighted by atomic mass is 15.1. The molecule has 5 heteroatoms. The van der Waals surface area contributed by atoms with E-state index in [1.54, 1.807) is 0 Å². The van der Waals surface area contributed by atoms with Crippen LogP contribution in [0.4, 0.5) is 11.6 Å². The maximum Gasteiger partial charge on any atom is 0.134 e. The summed E-state index contributed by atoms with van der Waals surface area (Å²) in [4.78, 5) is 11.5. The molecule has 1 aromatic rings. The van der Waals surface area contributed by atoms with Crippen LogP contribution in [0.25, 0.3) is 0 Å². The summed E-state index contributed by atoms with van der Waals surface area (Å²) in [7, 11) is 2.18. The average Bonchev–Trinajstić information content (AvgIpc) is 2.43. The summed E-state index contributed by atoms with van der Waals surface area (Å²) in [5, 5.41) is 7.00. The van der Waals surface area contributed by atoms with Gasteiger partial charge in [-0.15, -0.1) is 0 Å². The van der Waals surface area contributed by atoms with Crippen LogP contribution in [-0.2, 0) is 0 Å². The van der Waals surface area contributed by atoms with Crippen LogP contribution in [0.1, 0.15) is 37.6 Å². The van der Waals surface area contributed by atoms with Gasteiger partial charge in [0.2, 0.25) is 0 Å². The molecule has 1 saturated heterocycles. The van der Waals surface area contributed by atoms with Crippen LogP contribution >= 0.6 is 0 Å². The molecule has 1 aliphatic heterocycles. The second-order valence-corrected chi connectivity index (χ2v) is 5.74. The molecule has 0 aliphatic carbocycles. The topological polar surface area (TPSA) is 53.1 Å². The number of hydrogen-bond donors (Lipinski definition) is 2. The van der Waals surface area contributed by atoms with Crippen molar-refractivity contribution in [3.8, 4) is 0 Å². The molecule has 5 nitrogen and oxygen atoms in total. The van der Waals surface area contributed by atoms with E-state index < -0.39 is 0 Å². The molecule has 0 saturated carbocycles. The van der Waals surface area contributed by atoms with Gasteiger partial charge < -0.3 is 15.5 Å². The fraction of sp³-hybridized carbons (Fsp3) is 0.733. The maximum absolute atomic E-state index is 4.58. The monoisotopic (exact) mass is 277 g/mol. The minimum absolute atomic E-state index is 0.526. The Morgan fingerprint density at radius 3 is 2.45 bits per heavy atom. The van der Waals surface area contributed by atoms with Crippen LogP contribution in [0.15, 0.2) is 0 Å². The van der Waals surface area contributed by atoms with E-state index in [1.807, 2.05) is 6.92 Å². The van der Waals surface area contributed by atoms with Crippen LogP contribution in [-0.4, -0.2) is 47.6 Å². The zero-order valence-electron chi connectivity index (χ0n) is 13.2. The molecule has 20 heavy (non-hydrogen) atoms. The van der Waals surface area contributed by atoms with Crippen LogP contribution in [0, 0.1) is 13.8 Å². The summed E-state index contributed by atoms with van der Waals surface area (Å²) in [6.45, 7) is 9.47. The Labute approximate surface area is 122 Å². The van der Waals surface area contributed by atoms with Crippen molar-refractivity contribution in [2.24, 2.45) is 0 Å². The third-order valence-electron chi connectivity index (χ3n) is 3.86. The Morgan fingerprint density at radius 1 is 1.15 bits per heavy atom. The summed E-state index contributed by atoms with van der Waals surface area (Å²) in [5.41, 5.74) is 1.13. The molecule has 0 amide bonds. The highest BCUT2D eigenvalue weighted by Gasteiger charge is 2.18. The molecule has 1 fully saturated rings. The number of nitrogens with one attached hydrogen (secondary N) is 2. The van der Waals surface area contributed by atoms with Gasteiger partial charge in [0.05, 0.1) is 0 Å². The lowest BCUT2D eigenvalue weighted by atomic mass is 10.1. The van der Waals surface area contributed by atoms with Crippen molar-refractivity contribution in [1.82, 2.24) is 14.9 Å². The fourth-order valence-corrected chi connectivity index (χ4v) is 2.53. The SMILES string of the molecule is CCCNc1nc(C)nc(NC2CCN(C)CC2)c1C. The van der Waals surface area contributed by atoms with Gasteiger partial charge >= 0.3 is 0 Å². The fourth-order valence-electron chi connectivity index (χ4n) is 2.53. The Balaban J connectivity index is 2.08. The van der Waals surface area contributed by atoms with Gasteiger partial charge in [0.25, 0.3) is 0 Å². The summed E-state index contributed by atoms with van der Waals surface area (Å²) >= 11 is 0. The van der Waals surface area contributed by atoms with E-state index in [2.05, 4.69) is 46.4 Å². The van der Waals surface area contributed by atoms with Crippen LogP contribution in [0.2, 0.25) is 0 Å². The first-order chi connectivity index (χ1) is 9.60. The van der Waals surface area contributed by atoms with Crippen molar-refractivity contribution in [2.45, 2.75) is 46.1 Å². The zero-order valence-corrected chi connectivity index (χ0v) is 13.2. The van der Waals surface area contributed by atoms with Gasteiger partial charge in [-0.1, -0.05) is 6.92 Å². The number of nitrogens with zero attached hydrogens (tertiary/aromatic N) is 3. The van der Waals surface area contributed by atoms with Crippen molar-refractivity contribution in [3.63, 3.8) is 0 Å². The number of hydrogen-bond acceptors (Lipinski definition) is 5. The number of aryl methyl sites for hydroxylation is 1. The van der Waals surface area contributed by atoms with Gasteiger partial charge in [-0.3, -0.25) is 0 Å². The molecule has 2 N–H and O–H groups in total. The van der Waals surface area contributed by atoms with E-state index >= 15 is 0 Å². The van der Waals surface area contributed by atoms with Crippen molar-refractivity contribution < 1.29 is 0 Å². The minimum Gasteiger partial charge on any atom is -0.370 e. The molecule has 1 aliphatic rings. The summed E-state index contributed by atoms with van der Waals surface area (Å²) < 4.78 is 0. The molecule has 0 bridgehead atoms. The van der Waals surface area contributed by atoms with Crippen LogP contribution < -0.4 is 10.6 Å². The van der Waals surface area contributed by atoms with E-state index in [-0.39, 0.29) is 0 Å². The second kappa shape index (κ2) is 6.88. The van der Waals surface area contributed by atoms with Gasteiger partial charge in [0.1, 0.15) is 17.5 Å². The third-order valence-corrected chi connectivity index (χ3v) is 3.86. The molecular formula is C15H27N5. The van der Waals surface area contributed by atoms with Crippen molar-refractivity contribution in [3.05, 3.63) is 11.4 Å². The Bertz CT molecular complexity index is 438. The molecule has 0 atom stereocenters. The van der Waals surface area contributed by atoms with Crippen molar-refractivity contribution in [1.29, 1.82) is 0 Å². The van der Waals surface area contributed by atoms with E-state index in [0.29, 0.717) is 6.04 Å². The smallest absolute Gasteiger partial charge is 0.134 e. The molecular weight excluding hydrogens is 250 g/mol. The standard InChI is InChI=1S/C15H27N5/c1-5-8-16-14-11(2)15(18-12(3)17-14)19-13-6-9-20(4)10-7-13/h13H,5-10H2,1-4H3,(H2,16,17,18,19). The normalized spacial score (nSPS) is 17.2. The highest BCUT2D eigenvalue weighted by Crippen LogP contribution is 2.22. The van der Waals surface area contributed by atoms with Gasteiger partial charge in [-0.05, 0) is 53.2 Å². The van der Waals surface area contributed by atoms with E-state index in [4.69, 9.17) is 0 Å². The number of piperidine rings is 1. The van der Waals surface area contributed by atoms with Gasteiger partial charge in [-0.25, -0.2) is 9.97 Å².